The SMILES string of the molecule is CC(C)c1cc(F)cc(Cl)c1O. The van der Waals surface area contributed by atoms with E-state index in [0.29, 0.717) is 5.56 Å². The first-order valence-electron chi connectivity index (χ1n) is 3.70. The lowest BCUT2D eigenvalue weighted by atomic mass is 10.0. The standard InChI is InChI=1S/C9H10ClFO/c1-5(2)7-3-6(11)4-8(10)9(7)12/h3-5,12H,1-2H3. The second-order valence-corrected chi connectivity index (χ2v) is 3.39. The van der Waals surface area contributed by atoms with Crippen molar-refractivity contribution < 1.29 is 9.50 Å². The van der Waals surface area contributed by atoms with Gasteiger partial charge in [0.15, 0.2) is 0 Å². The highest BCUT2D eigenvalue weighted by Gasteiger charge is 2.10. The van der Waals surface area contributed by atoms with E-state index in [4.69, 9.17) is 11.6 Å². The molecule has 0 radical (unpaired) electrons. The van der Waals surface area contributed by atoms with E-state index in [9.17, 15) is 9.50 Å². The molecule has 3 heteroatoms. The zero-order valence-corrected chi connectivity index (χ0v) is 7.69. The molecule has 0 fully saturated rings. The van der Waals surface area contributed by atoms with Gasteiger partial charge in [-0.2, -0.15) is 0 Å². The molecule has 1 aromatic carbocycles. The summed E-state index contributed by atoms with van der Waals surface area (Å²) < 4.78 is 12.8. The molecule has 1 rings (SSSR count). The summed E-state index contributed by atoms with van der Waals surface area (Å²) in [5, 5.41) is 9.46. The largest absolute Gasteiger partial charge is 0.506 e. The summed E-state index contributed by atoms with van der Waals surface area (Å²) in [6, 6.07) is 2.40. The molecule has 0 saturated carbocycles. The summed E-state index contributed by atoms with van der Waals surface area (Å²) in [5.74, 6) is -0.368. The van der Waals surface area contributed by atoms with Gasteiger partial charge in [-0.25, -0.2) is 4.39 Å². The van der Waals surface area contributed by atoms with E-state index >= 15 is 0 Å². The molecule has 0 saturated heterocycles. The summed E-state index contributed by atoms with van der Waals surface area (Å²) in [6.45, 7) is 3.73. The van der Waals surface area contributed by atoms with Gasteiger partial charge in [0.1, 0.15) is 11.6 Å². The highest BCUT2D eigenvalue weighted by molar-refractivity contribution is 6.32. The van der Waals surface area contributed by atoms with Crippen LogP contribution in [0.25, 0.3) is 0 Å². The number of hydrogen-bond donors (Lipinski definition) is 1. The van der Waals surface area contributed by atoms with Crippen molar-refractivity contribution in [3.8, 4) is 5.75 Å². The van der Waals surface area contributed by atoms with E-state index in [1.54, 1.807) is 0 Å². The molecule has 0 atom stereocenters. The smallest absolute Gasteiger partial charge is 0.137 e. The fourth-order valence-corrected chi connectivity index (χ4v) is 1.24. The Kier molecular flexibility index (Phi) is 2.58. The molecule has 1 nitrogen and oxygen atoms in total. The Morgan fingerprint density at radius 2 is 2.00 bits per heavy atom. The molecule has 0 amide bonds. The Morgan fingerprint density at radius 1 is 1.42 bits per heavy atom. The zero-order valence-electron chi connectivity index (χ0n) is 6.94. The van der Waals surface area contributed by atoms with Crippen molar-refractivity contribution in [2.45, 2.75) is 19.8 Å². The Morgan fingerprint density at radius 3 is 2.50 bits per heavy atom. The third kappa shape index (κ3) is 1.69. The van der Waals surface area contributed by atoms with Crippen molar-refractivity contribution in [3.05, 3.63) is 28.5 Å². The van der Waals surface area contributed by atoms with Gasteiger partial charge in [0.05, 0.1) is 5.02 Å². The molecule has 1 aromatic rings. The van der Waals surface area contributed by atoms with Gasteiger partial charge < -0.3 is 5.11 Å². The molecule has 12 heavy (non-hydrogen) atoms. The van der Waals surface area contributed by atoms with Crippen LogP contribution in [-0.2, 0) is 0 Å². The van der Waals surface area contributed by atoms with Gasteiger partial charge >= 0.3 is 0 Å². The van der Waals surface area contributed by atoms with Gasteiger partial charge in [-0.1, -0.05) is 25.4 Å². The highest BCUT2D eigenvalue weighted by Crippen LogP contribution is 2.33. The van der Waals surface area contributed by atoms with Gasteiger partial charge in [0, 0.05) is 5.56 Å². The number of rotatable bonds is 1. The van der Waals surface area contributed by atoms with Crippen molar-refractivity contribution >= 4 is 11.6 Å². The molecule has 0 spiro atoms. The average Bonchev–Trinajstić information content (AvgIpc) is 1.96. The summed E-state index contributed by atoms with van der Waals surface area (Å²) >= 11 is 5.57. The maximum Gasteiger partial charge on any atom is 0.137 e. The first-order valence-corrected chi connectivity index (χ1v) is 4.08. The molecule has 66 valence electrons. The minimum Gasteiger partial charge on any atom is -0.506 e. The summed E-state index contributed by atoms with van der Waals surface area (Å²) in [6.07, 6.45) is 0. The highest BCUT2D eigenvalue weighted by atomic mass is 35.5. The second kappa shape index (κ2) is 3.31. The van der Waals surface area contributed by atoms with Gasteiger partial charge in [-0.05, 0) is 18.1 Å². The van der Waals surface area contributed by atoms with Gasteiger partial charge in [0.25, 0.3) is 0 Å². The monoisotopic (exact) mass is 188 g/mol. The molecule has 0 aliphatic carbocycles. The minimum absolute atomic E-state index is 0.0203. The number of hydrogen-bond acceptors (Lipinski definition) is 1. The third-order valence-corrected chi connectivity index (χ3v) is 1.97. The van der Waals surface area contributed by atoms with Crippen LogP contribution in [0.4, 0.5) is 4.39 Å². The van der Waals surface area contributed by atoms with E-state index in [0.717, 1.165) is 6.07 Å². The van der Waals surface area contributed by atoms with E-state index in [1.807, 2.05) is 13.8 Å². The van der Waals surface area contributed by atoms with E-state index in [-0.39, 0.29) is 16.7 Å². The maximum atomic E-state index is 12.8. The molecule has 0 aliphatic rings. The number of aromatic hydroxyl groups is 1. The van der Waals surface area contributed by atoms with Gasteiger partial charge in [0.2, 0.25) is 0 Å². The van der Waals surface area contributed by atoms with Gasteiger partial charge in [-0.15, -0.1) is 0 Å². The quantitative estimate of drug-likeness (QED) is 0.717. The van der Waals surface area contributed by atoms with Crippen molar-refractivity contribution in [2.24, 2.45) is 0 Å². The molecule has 0 bridgehead atoms. The number of phenols is 1. The number of halogens is 2. The molecular weight excluding hydrogens is 179 g/mol. The van der Waals surface area contributed by atoms with Crippen molar-refractivity contribution in [2.75, 3.05) is 0 Å². The number of benzene rings is 1. The fraction of sp³-hybridized carbons (Fsp3) is 0.333. The topological polar surface area (TPSA) is 20.2 Å². The van der Waals surface area contributed by atoms with Crippen molar-refractivity contribution in [1.82, 2.24) is 0 Å². The Hall–Kier alpha value is -0.760. The normalized spacial score (nSPS) is 10.8. The van der Waals surface area contributed by atoms with Crippen LogP contribution in [0, 0.1) is 5.82 Å². The van der Waals surface area contributed by atoms with Crippen LogP contribution in [0.1, 0.15) is 25.3 Å². The zero-order chi connectivity index (χ0) is 9.30. The molecular formula is C9H10ClFO. The Bertz CT molecular complexity index is 297. The molecule has 0 heterocycles. The van der Waals surface area contributed by atoms with Crippen LogP contribution in [-0.4, -0.2) is 5.11 Å². The van der Waals surface area contributed by atoms with Crippen LogP contribution in [0.15, 0.2) is 12.1 Å². The lowest BCUT2D eigenvalue weighted by Gasteiger charge is -2.09. The first kappa shape index (κ1) is 9.33. The fourth-order valence-electron chi connectivity index (χ4n) is 1.03. The van der Waals surface area contributed by atoms with Crippen LogP contribution in [0.3, 0.4) is 0 Å². The summed E-state index contributed by atoms with van der Waals surface area (Å²) in [5.41, 5.74) is 0.542. The van der Waals surface area contributed by atoms with Crippen LogP contribution >= 0.6 is 11.6 Å². The van der Waals surface area contributed by atoms with Crippen LogP contribution in [0.2, 0.25) is 5.02 Å². The summed E-state index contributed by atoms with van der Waals surface area (Å²) in [4.78, 5) is 0. The molecule has 1 N–H and O–H groups in total. The van der Waals surface area contributed by atoms with E-state index < -0.39 is 5.82 Å². The van der Waals surface area contributed by atoms with E-state index in [2.05, 4.69) is 0 Å². The Labute approximate surface area is 75.8 Å². The minimum atomic E-state index is -0.415. The molecule has 0 unspecified atom stereocenters. The average molecular weight is 189 g/mol. The van der Waals surface area contributed by atoms with Gasteiger partial charge in [-0.3, -0.25) is 0 Å². The number of phenolic OH excluding ortho intramolecular Hbond substituents is 1. The lowest BCUT2D eigenvalue weighted by Crippen LogP contribution is -1.90. The lowest BCUT2D eigenvalue weighted by molar-refractivity contribution is 0.462. The second-order valence-electron chi connectivity index (χ2n) is 2.98. The summed E-state index contributed by atoms with van der Waals surface area (Å²) in [7, 11) is 0. The van der Waals surface area contributed by atoms with E-state index in [1.165, 1.54) is 6.07 Å². The maximum absolute atomic E-state index is 12.8. The van der Waals surface area contributed by atoms with Crippen molar-refractivity contribution in [3.63, 3.8) is 0 Å². The predicted molar refractivity (Wildman–Crippen MR) is 47.2 cm³/mol. The van der Waals surface area contributed by atoms with Crippen molar-refractivity contribution in [1.29, 1.82) is 0 Å². The third-order valence-electron chi connectivity index (χ3n) is 1.68. The Balaban J connectivity index is 3.28. The molecule has 0 aromatic heterocycles. The van der Waals surface area contributed by atoms with Crippen LogP contribution < -0.4 is 0 Å². The first-order chi connectivity index (χ1) is 5.52. The molecule has 0 aliphatic heterocycles. The predicted octanol–water partition coefficient (Wildman–Crippen LogP) is 3.31. The van der Waals surface area contributed by atoms with Crippen LogP contribution in [0.5, 0.6) is 5.75 Å².